The number of fused-ring (bicyclic) bond motifs is 1. The van der Waals surface area contributed by atoms with E-state index in [1.54, 1.807) is 12.3 Å². The second-order valence-electron chi connectivity index (χ2n) is 4.34. The van der Waals surface area contributed by atoms with Crippen molar-refractivity contribution in [3.05, 3.63) is 70.8 Å². The number of rotatable bonds is 2. The normalized spacial score (nSPS) is 10.4. The summed E-state index contributed by atoms with van der Waals surface area (Å²) in [5.74, 6) is -0.137. The monoisotopic (exact) mass is 326 g/mol. The Hall–Kier alpha value is -2.20. The number of nitrogens with one attached hydrogen (secondary N) is 1. The number of anilines is 1. The summed E-state index contributed by atoms with van der Waals surface area (Å²) >= 11 is 3.39. The lowest BCUT2D eigenvalue weighted by Gasteiger charge is -2.08. The number of halogens is 1. The topological polar surface area (TPSA) is 42.0 Å². The number of amides is 1. The fourth-order valence-electron chi connectivity index (χ4n) is 2.06. The summed E-state index contributed by atoms with van der Waals surface area (Å²) in [6, 6.07) is 16.8. The summed E-state index contributed by atoms with van der Waals surface area (Å²) in [7, 11) is 0. The Labute approximate surface area is 124 Å². The molecule has 3 aromatic rings. The molecule has 3 rings (SSSR count). The van der Waals surface area contributed by atoms with Crippen molar-refractivity contribution < 1.29 is 4.79 Å². The van der Waals surface area contributed by atoms with Gasteiger partial charge in [-0.2, -0.15) is 0 Å². The van der Waals surface area contributed by atoms with E-state index in [1.165, 1.54) is 0 Å². The van der Waals surface area contributed by atoms with Crippen LogP contribution in [0, 0.1) is 0 Å². The molecule has 0 saturated carbocycles. The van der Waals surface area contributed by atoms with Crippen LogP contribution >= 0.6 is 15.9 Å². The van der Waals surface area contributed by atoms with Crippen LogP contribution < -0.4 is 5.32 Å². The van der Waals surface area contributed by atoms with Gasteiger partial charge in [0.05, 0.1) is 11.1 Å². The van der Waals surface area contributed by atoms with Crippen molar-refractivity contribution in [2.24, 2.45) is 0 Å². The SMILES string of the molecule is O=C(Nc1cccc(Br)c1)c1ccnc2ccccc12. The minimum Gasteiger partial charge on any atom is -0.322 e. The summed E-state index contributed by atoms with van der Waals surface area (Å²) in [4.78, 5) is 16.6. The average molecular weight is 327 g/mol. The highest BCUT2D eigenvalue weighted by atomic mass is 79.9. The quantitative estimate of drug-likeness (QED) is 0.764. The molecule has 1 heterocycles. The Morgan fingerprint density at radius 1 is 1.05 bits per heavy atom. The first-order valence-corrected chi connectivity index (χ1v) is 6.94. The third kappa shape index (κ3) is 2.56. The molecule has 1 aromatic heterocycles. The minimum absolute atomic E-state index is 0.137. The van der Waals surface area contributed by atoms with E-state index in [0.29, 0.717) is 5.56 Å². The number of hydrogen-bond acceptors (Lipinski definition) is 2. The van der Waals surface area contributed by atoms with Crippen molar-refractivity contribution in [2.45, 2.75) is 0 Å². The summed E-state index contributed by atoms with van der Waals surface area (Å²) in [5, 5.41) is 3.74. The van der Waals surface area contributed by atoms with Gasteiger partial charge in [-0.3, -0.25) is 9.78 Å². The zero-order chi connectivity index (χ0) is 13.9. The largest absolute Gasteiger partial charge is 0.322 e. The first-order valence-electron chi connectivity index (χ1n) is 6.15. The van der Waals surface area contributed by atoms with Crippen LogP contribution in [0.1, 0.15) is 10.4 Å². The smallest absolute Gasteiger partial charge is 0.256 e. The van der Waals surface area contributed by atoms with Gasteiger partial charge < -0.3 is 5.32 Å². The van der Waals surface area contributed by atoms with E-state index in [0.717, 1.165) is 21.1 Å². The molecule has 4 heteroatoms. The molecule has 2 aromatic carbocycles. The Morgan fingerprint density at radius 2 is 1.90 bits per heavy atom. The molecule has 0 unspecified atom stereocenters. The van der Waals surface area contributed by atoms with E-state index in [9.17, 15) is 4.79 Å². The number of nitrogens with zero attached hydrogens (tertiary/aromatic N) is 1. The Bertz CT molecular complexity index is 781. The van der Waals surface area contributed by atoms with Gasteiger partial charge in [0.2, 0.25) is 0 Å². The maximum atomic E-state index is 12.4. The maximum absolute atomic E-state index is 12.4. The number of pyridine rings is 1. The molecule has 0 bridgehead atoms. The van der Waals surface area contributed by atoms with Gasteiger partial charge in [-0.05, 0) is 30.3 Å². The van der Waals surface area contributed by atoms with Crippen LogP contribution in [-0.2, 0) is 0 Å². The molecule has 98 valence electrons. The molecule has 0 fully saturated rings. The molecule has 0 atom stereocenters. The van der Waals surface area contributed by atoms with Crippen LogP contribution in [0.25, 0.3) is 10.9 Å². The van der Waals surface area contributed by atoms with Crippen LogP contribution in [0.5, 0.6) is 0 Å². The molecule has 0 saturated heterocycles. The van der Waals surface area contributed by atoms with E-state index in [1.807, 2.05) is 48.5 Å². The highest BCUT2D eigenvalue weighted by Crippen LogP contribution is 2.19. The summed E-state index contributed by atoms with van der Waals surface area (Å²) in [6.45, 7) is 0. The van der Waals surface area contributed by atoms with E-state index in [4.69, 9.17) is 0 Å². The number of carbonyl (C=O) groups is 1. The highest BCUT2D eigenvalue weighted by molar-refractivity contribution is 9.10. The lowest BCUT2D eigenvalue weighted by Crippen LogP contribution is -2.12. The molecule has 0 spiro atoms. The van der Waals surface area contributed by atoms with Crippen LogP contribution in [0.15, 0.2) is 65.3 Å². The van der Waals surface area contributed by atoms with Crippen molar-refractivity contribution in [3.8, 4) is 0 Å². The Balaban J connectivity index is 1.97. The lowest BCUT2D eigenvalue weighted by atomic mass is 10.1. The number of aromatic nitrogens is 1. The van der Waals surface area contributed by atoms with Gasteiger partial charge in [-0.25, -0.2) is 0 Å². The van der Waals surface area contributed by atoms with Crippen LogP contribution in [0.3, 0.4) is 0 Å². The molecular weight excluding hydrogens is 316 g/mol. The van der Waals surface area contributed by atoms with Crippen molar-refractivity contribution in [1.82, 2.24) is 4.98 Å². The third-order valence-corrected chi connectivity index (χ3v) is 3.47. The molecule has 1 amide bonds. The van der Waals surface area contributed by atoms with Crippen LogP contribution in [0.2, 0.25) is 0 Å². The van der Waals surface area contributed by atoms with Crippen molar-refractivity contribution >= 4 is 38.4 Å². The molecule has 0 aliphatic rings. The fraction of sp³-hybridized carbons (Fsp3) is 0. The molecule has 0 radical (unpaired) electrons. The van der Waals surface area contributed by atoms with Gasteiger partial charge >= 0.3 is 0 Å². The van der Waals surface area contributed by atoms with E-state index in [-0.39, 0.29) is 5.91 Å². The van der Waals surface area contributed by atoms with E-state index >= 15 is 0 Å². The van der Waals surface area contributed by atoms with Gasteiger partial charge in [-0.15, -0.1) is 0 Å². The summed E-state index contributed by atoms with van der Waals surface area (Å²) in [6.07, 6.45) is 1.65. The molecular formula is C16H11BrN2O. The molecule has 0 aliphatic heterocycles. The molecule has 1 N–H and O–H groups in total. The maximum Gasteiger partial charge on any atom is 0.256 e. The molecule has 20 heavy (non-hydrogen) atoms. The van der Waals surface area contributed by atoms with Gasteiger partial charge in [0.1, 0.15) is 0 Å². The second-order valence-corrected chi connectivity index (χ2v) is 5.26. The Morgan fingerprint density at radius 3 is 2.75 bits per heavy atom. The van der Waals surface area contributed by atoms with Gasteiger partial charge in [0.15, 0.2) is 0 Å². The van der Waals surface area contributed by atoms with E-state index < -0.39 is 0 Å². The summed E-state index contributed by atoms with van der Waals surface area (Å²) in [5.41, 5.74) is 2.19. The van der Waals surface area contributed by atoms with Gasteiger partial charge in [0, 0.05) is 21.7 Å². The first-order chi connectivity index (χ1) is 9.74. The van der Waals surface area contributed by atoms with Crippen molar-refractivity contribution in [3.63, 3.8) is 0 Å². The van der Waals surface area contributed by atoms with Crippen molar-refractivity contribution in [2.75, 3.05) is 5.32 Å². The summed E-state index contributed by atoms with van der Waals surface area (Å²) < 4.78 is 0.926. The standard InChI is InChI=1S/C16H11BrN2O/c17-11-4-3-5-12(10-11)19-16(20)14-8-9-18-15-7-2-1-6-13(14)15/h1-10H,(H,19,20). The minimum atomic E-state index is -0.137. The number of benzene rings is 2. The first kappa shape index (κ1) is 12.8. The van der Waals surface area contributed by atoms with Gasteiger partial charge in [0.25, 0.3) is 5.91 Å². The fourth-order valence-corrected chi connectivity index (χ4v) is 2.46. The average Bonchev–Trinajstić information content (AvgIpc) is 2.46. The zero-order valence-corrected chi connectivity index (χ0v) is 12.1. The Kier molecular flexibility index (Phi) is 3.48. The number of para-hydroxylation sites is 1. The van der Waals surface area contributed by atoms with Gasteiger partial charge in [-0.1, -0.05) is 40.2 Å². The molecule has 3 nitrogen and oxygen atoms in total. The zero-order valence-electron chi connectivity index (χ0n) is 10.5. The van der Waals surface area contributed by atoms with Crippen molar-refractivity contribution in [1.29, 1.82) is 0 Å². The predicted molar refractivity (Wildman–Crippen MR) is 83.8 cm³/mol. The second kappa shape index (κ2) is 5.43. The molecule has 0 aliphatic carbocycles. The predicted octanol–water partition coefficient (Wildman–Crippen LogP) is 4.25. The number of carbonyl (C=O) groups excluding carboxylic acids is 1. The third-order valence-electron chi connectivity index (χ3n) is 2.98. The lowest BCUT2D eigenvalue weighted by molar-refractivity contribution is 0.102. The van der Waals surface area contributed by atoms with Crippen LogP contribution in [0.4, 0.5) is 5.69 Å². The van der Waals surface area contributed by atoms with Crippen LogP contribution in [-0.4, -0.2) is 10.9 Å². The highest BCUT2D eigenvalue weighted by Gasteiger charge is 2.10. The van der Waals surface area contributed by atoms with E-state index in [2.05, 4.69) is 26.2 Å². The number of hydrogen-bond donors (Lipinski definition) is 1.